The fourth-order valence-electron chi connectivity index (χ4n) is 2.63. The number of nitrogens with zero attached hydrogens (tertiary/aromatic N) is 3. The fourth-order valence-corrected chi connectivity index (χ4v) is 2.80. The lowest BCUT2D eigenvalue weighted by atomic mass is 10.1. The van der Waals surface area contributed by atoms with Gasteiger partial charge in [0, 0.05) is 23.7 Å². The summed E-state index contributed by atoms with van der Waals surface area (Å²) in [4.78, 5) is 2.04. The minimum Gasteiger partial charge on any atom is -0.507 e. The lowest BCUT2D eigenvalue weighted by Gasteiger charge is -2.32. The molecular formula is C16H18ClN3O3. The van der Waals surface area contributed by atoms with Crippen LogP contribution in [0.1, 0.15) is 5.56 Å². The highest BCUT2D eigenvalue weighted by Crippen LogP contribution is 2.32. The van der Waals surface area contributed by atoms with E-state index in [0.29, 0.717) is 36.0 Å². The SMILES string of the molecule is Cc1cc(N2CCO[C@H](CO)C2)nnc1-c1ccc(Cl)cc1O. The Morgan fingerprint density at radius 2 is 2.17 bits per heavy atom. The van der Waals surface area contributed by atoms with Crippen molar-refractivity contribution in [1.29, 1.82) is 0 Å². The zero-order valence-electron chi connectivity index (χ0n) is 12.7. The van der Waals surface area contributed by atoms with Gasteiger partial charge in [-0.3, -0.25) is 0 Å². The highest BCUT2D eigenvalue weighted by molar-refractivity contribution is 6.30. The highest BCUT2D eigenvalue weighted by Gasteiger charge is 2.22. The Balaban J connectivity index is 1.88. The molecule has 1 aromatic carbocycles. The van der Waals surface area contributed by atoms with Crippen molar-refractivity contribution in [1.82, 2.24) is 10.2 Å². The molecule has 122 valence electrons. The molecule has 2 N–H and O–H groups in total. The van der Waals surface area contributed by atoms with Gasteiger partial charge in [0.2, 0.25) is 0 Å². The van der Waals surface area contributed by atoms with Gasteiger partial charge in [0.05, 0.1) is 25.0 Å². The summed E-state index contributed by atoms with van der Waals surface area (Å²) in [6.45, 7) is 3.74. The Morgan fingerprint density at radius 1 is 1.35 bits per heavy atom. The van der Waals surface area contributed by atoms with Crippen LogP contribution in [0.3, 0.4) is 0 Å². The number of phenolic OH excluding ortho intramolecular Hbond substituents is 1. The summed E-state index contributed by atoms with van der Waals surface area (Å²) in [6.07, 6.45) is -0.203. The van der Waals surface area contributed by atoms with Gasteiger partial charge in [0.1, 0.15) is 5.75 Å². The van der Waals surface area contributed by atoms with Crippen LogP contribution in [0.25, 0.3) is 11.3 Å². The molecule has 1 saturated heterocycles. The lowest BCUT2D eigenvalue weighted by Crippen LogP contribution is -2.44. The van der Waals surface area contributed by atoms with Crippen LogP contribution in [-0.4, -0.2) is 52.8 Å². The Kier molecular flexibility index (Phi) is 4.66. The van der Waals surface area contributed by atoms with Crippen molar-refractivity contribution >= 4 is 17.4 Å². The molecule has 0 aliphatic carbocycles. The third kappa shape index (κ3) is 3.39. The molecular weight excluding hydrogens is 318 g/mol. The number of phenols is 1. The Hall–Kier alpha value is -1.89. The Bertz CT molecular complexity index is 711. The van der Waals surface area contributed by atoms with Gasteiger partial charge in [-0.2, -0.15) is 0 Å². The number of aryl methyl sites for hydroxylation is 1. The van der Waals surface area contributed by atoms with Gasteiger partial charge < -0.3 is 19.8 Å². The number of morpholine rings is 1. The van der Waals surface area contributed by atoms with Crippen LogP contribution in [0.5, 0.6) is 5.75 Å². The molecule has 6 nitrogen and oxygen atoms in total. The molecule has 1 atom stereocenters. The predicted octanol–water partition coefficient (Wildman–Crippen LogP) is 2.01. The number of hydrogen-bond acceptors (Lipinski definition) is 6. The van der Waals surface area contributed by atoms with E-state index in [-0.39, 0.29) is 18.5 Å². The average molecular weight is 336 g/mol. The Morgan fingerprint density at radius 3 is 2.87 bits per heavy atom. The summed E-state index contributed by atoms with van der Waals surface area (Å²) >= 11 is 5.86. The molecule has 0 radical (unpaired) electrons. The van der Waals surface area contributed by atoms with Gasteiger partial charge in [-0.1, -0.05) is 11.6 Å². The van der Waals surface area contributed by atoms with Gasteiger partial charge in [0.15, 0.2) is 5.82 Å². The molecule has 2 aromatic rings. The standard InChI is InChI=1S/C16H18ClN3O3/c1-10-6-15(20-4-5-23-12(8-20)9-21)18-19-16(10)13-3-2-11(17)7-14(13)22/h2-3,6-7,12,21-22H,4-5,8-9H2,1H3/t12-/m0/s1. The number of aliphatic hydroxyl groups excluding tert-OH is 1. The zero-order chi connectivity index (χ0) is 16.4. The number of aromatic hydroxyl groups is 1. The molecule has 0 unspecified atom stereocenters. The average Bonchev–Trinajstić information content (AvgIpc) is 2.55. The molecule has 2 heterocycles. The predicted molar refractivity (Wildman–Crippen MR) is 87.9 cm³/mol. The van der Waals surface area contributed by atoms with Gasteiger partial charge in [-0.05, 0) is 36.8 Å². The first-order valence-electron chi connectivity index (χ1n) is 7.39. The summed E-state index contributed by atoms with van der Waals surface area (Å²) in [7, 11) is 0. The third-order valence-corrected chi connectivity index (χ3v) is 4.09. The van der Waals surface area contributed by atoms with E-state index in [2.05, 4.69) is 10.2 Å². The lowest BCUT2D eigenvalue weighted by molar-refractivity contribution is 0.00332. The summed E-state index contributed by atoms with van der Waals surface area (Å²) in [5, 5.41) is 28.3. The smallest absolute Gasteiger partial charge is 0.151 e. The second kappa shape index (κ2) is 6.70. The van der Waals surface area contributed by atoms with E-state index in [1.54, 1.807) is 12.1 Å². The van der Waals surface area contributed by atoms with Crippen molar-refractivity contribution in [3.8, 4) is 17.0 Å². The van der Waals surface area contributed by atoms with Gasteiger partial charge in [-0.25, -0.2) is 0 Å². The summed E-state index contributed by atoms with van der Waals surface area (Å²) < 4.78 is 5.44. The van der Waals surface area contributed by atoms with E-state index in [4.69, 9.17) is 16.3 Å². The molecule has 0 spiro atoms. The van der Waals surface area contributed by atoms with Crippen molar-refractivity contribution in [2.75, 3.05) is 31.2 Å². The van der Waals surface area contributed by atoms with Crippen LogP contribution in [-0.2, 0) is 4.74 Å². The molecule has 1 aromatic heterocycles. The van der Waals surface area contributed by atoms with Crippen LogP contribution >= 0.6 is 11.6 Å². The van der Waals surface area contributed by atoms with Crippen molar-refractivity contribution in [3.63, 3.8) is 0 Å². The number of anilines is 1. The molecule has 0 bridgehead atoms. The number of aromatic nitrogens is 2. The maximum Gasteiger partial charge on any atom is 0.151 e. The van der Waals surface area contributed by atoms with Crippen molar-refractivity contribution in [3.05, 3.63) is 34.9 Å². The summed E-state index contributed by atoms with van der Waals surface area (Å²) in [5.74, 6) is 0.816. The second-order valence-corrected chi connectivity index (χ2v) is 5.95. The number of rotatable bonds is 3. The fraction of sp³-hybridized carbons (Fsp3) is 0.375. The topological polar surface area (TPSA) is 78.7 Å². The molecule has 7 heteroatoms. The summed E-state index contributed by atoms with van der Waals surface area (Å²) in [6, 6.07) is 6.85. The van der Waals surface area contributed by atoms with Crippen molar-refractivity contribution < 1.29 is 14.9 Å². The van der Waals surface area contributed by atoms with Crippen LogP contribution < -0.4 is 4.90 Å². The molecule has 0 saturated carbocycles. The molecule has 23 heavy (non-hydrogen) atoms. The number of hydrogen-bond donors (Lipinski definition) is 2. The van der Waals surface area contributed by atoms with E-state index in [9.17, 15) is 10.2 Å². The van der Waals surface area contributed by atoms with Gasteiger partial charge in [-0.15, -0.1) is 10.2 Å². The molecule has 1 fully saturated rings. The minimum atomic E-state index is -0.203. The molecule has 3 rings (SSSR count). The normalized spacial score (nSPS) is 18.2. The quantitative estimate of drug-likeness (QED) is 0.893. The maximum atomic E-state index is 10.0. The van der Waals surface area contributed by atoms with E-state index in [0.717, 1.165) is 11.4 Å². The van der Waals surface area contributed by atoms with E-state index >= 15 is 0 Å². The van der Waals surface area contributed by atoms with Crippen LogP contribution in [0.4, 0.5) is 5.82 Å². The van der Waals surface area contributed by atoms with E-state index in [1.165, 1.54) is 6.07 Å². The minimum absolute atomic E-state index is 0.0142. The first-order valence-corrected chi connectivity index (χ1v) is 7.77. The maximum absolute atomic E-state index is 10.0. The first-order chi connectivity index (χ1) is 11.1. The summed E-state index contributed by atoms with van der Waals surface area (Å²) in [5.41, 5.74) is 2.12. The Labute approximate surface area is 139 Å². The highest BCUT2D eigenvalue weighted by atomic mass is 35.5. The number of halogens is 1. The largest absolute Gasteiger partial charge is 0.507 e. The van der Waals surface area contributed by atoms with Gasteiger partial charge >= 0.3 is 0 Å². The molecule has 0 amide bonds. The van der Waals surface area contributed by atoms with Crippen molar-refractivity contribution in [2.24, 2.45) is 0 Å². The van der Waals surface area contributed by atoms with Crippen LogP contribution in [0, 0.1) is 6.92 Å². The number of ether oxygens (including phenoxy) is 1. The number of aliphatic hydroxyl groups is 1. The third-order valence-electron chi connectivity index (χ3n) is 3.85. The van der Waals surface area contributed by atoms with Crippen molar-refractivity contribution in [2.45, 2.75) is 13.0 Å². The monoisotopic (exact) mass is 335 g/mol. The van der Waals surface area contributed by atoms with Gasteiger partial charge in [0.25, 0.3) is 0 Å². The van der Waals surface area contributed by atoms with E-state index in [1.807, 2.05) is 17.9 Å². The van der Waals surface area contributed by atoms with Crippen LogP contribution in [0.2, 0.25) is 5.02 Å². The zero-order valence-corrected chi connectivity index (χ0v) is 13.5. The molecule has 1 aliphatic heterocycles. The second-order valence-electron chi connectivity index (χ2n) is 5.52. The molecule has 1 aliphatic rings. The van der Waals surface area contributed by atoms with Crippen LogP contribution in [0.15, 0.2) is 24.3 Å². The number of benzene rings is 1. The first kappa shape index (κ1) is 16.0. The van der Waals surface area contributed by atoms with E-state index < -0.39 is 0 Å².